The van der Waals surface area contributed by atoms with Crippen LogP contribution >= 0.6 is 0 Å². The van der Waals surface area contributed by atoms with Crippen LogP contribution in [0.5, 0.6) is 0 Å². The summed E-state index contributed by atoms with van der Waals surface area (Å²) in [6.45, 7) is 10.2. The number of rotatable bonds is 1. The lowest BCUT2D eigenvalue weighted by atomic mass is 9.87. The van der Waals surface area contributed by atoms with Crippen LogP contribution in [0.4, 0.5) is 0 Å². The molecule has 0 spiro atoms. The molecule has 0 atom stereocenters. The molecule has 19 heavy (non-hydrogen) atoms. The standard InChI is InChI=1S/C16H20N2O/c1-10-11(2)17-14(18-15(10)19)12-6-8-13(9-7-12)16(3,4)5/h6-9H,1-5H3,(H,17,18,19). The molecule has 0 unspecified atom stereocenters. The Balaban J connectivity index is 2.46. The van der Waals surface area contributed by atoms with Crippen molar-refractivity contribution in [3.8, 4) is 11.4 Å². The SMILES string of the molecule is Cc1nc(-c2ccc(C(C)(C)C)cc2)[nH]c(=O)c1C. The summed E-state index contributed by atoms with van der Waals surface area (Å²) in [7, 11) is 0. The van der Waals surface area contributed by atoms with Crippen molar-refractivity contribution in [3.63, 3.8) is 0 Å². The fraction of sp³-hybridized carbons (Fsp3) is 0.375. The molecule has 0 saturated heterocycles. The summed E-state index contributed by atoms with van der Waals surface area (Å²) in [6, 6.07) is 8.19. The lowest BCUT2D eigenvalue weighted by molar-refractivity contribution is 0.590. The zero-order valence-corrected chi connectivity index (χ0v) is 12.2. The number of hydrogen-bond acceptors (Lipinski definition) is 2. The predicted octanol–water partition coefficient (Wildman–Crippen LogP) is 3.35. The first-order valence-electron chi connectivity index (χ1n) is 6.47. The molecule has 0 radical (unpaired) electrons. The van der Waals surface area contributed by atoms with E-state index in [0.29, 0.717) is 11.4 Å². The van der Waals surface area contributed by atoms with E-state index < -0.39 is 0 Å². The van der Waals surface area contributed by atoms with Crippen LogP contribution in [0.1, 0.15) is 37.6 Å². The van der Waals surface area contributed by atoms with Gasteiger partial charge in [-0.25, -0.2) is 4.98 Å². The first kappa shape index (κ1) is 13.5. The van der Waals surface area contributed by atoms with Crippen LogP contribution in [0.25, 0.3) is 11.4 Å². The Bertz CT molecular complexity index is 646. The van der Waals surface area contributed by atoms with Crippen molar-refractivity contribution in [2.45, 2.75) is 40.0 Å². The van der Waals surface area contributed by atoms with Crippen molar-refractivity contribution < 1.29 is 0 Å². The van der Waals surface area contributed by atoms with E-state index in [-0.39, 0.29) is 11.0 Å². The normalized spacial score (nSPS) is 11.6. The van der Waals surface area contributed by atoms with E-state index in [2.05, 4.69) is 42.9 Å². The second kappa shape index (κ2) is 4.65. The number of nitrogens with zero attached hydrogens (tertiary/aromatic N) is 1. The second-order valence-electron chi connectivity index (χ2n) is 5.95. The highest BCUT2D eigenvalue weighted by atomic mass is 16.1. The van der Waals surface area contributed by atoms with E-state index in [1.807, 2.05) is 19.1 Å². The molecule has 2 aromatic rings. The molecule has 0 saturated carbocycles. The largest absolute Gasteiger partial charge is 0.306 e. The molecule has 3 nitrogen and oxygen atoms in total. The molecule has 1 heterocycles. The zero-order chi connectivity index (χ0) is 14.2. The molecule has 0 fully saturated rings. The number of aryl methyl sites for hydroxylation is 1. The molecule has 0 aliphatic heterocycles. The van der Waals surface area contributed by atoms with Gasteiger partial charge < -0.3 is 4.98 Å². The molecule has 1 aromatic carbocycles. The van der Waals surface area contributed by atoms with Crippen molar-refractivity contribution in [1.29, 1.82) is 0 Å². The Morgan fingerprint density at radius 3 is 2.11 bits per heavy atom. The van der Waals surface area contributed by atoms with E-state index in [1.165, 1.54) is 5.56 Å². The predicted molar refractivity (Wildman–Crippen MR) is 78.5 cm³/mol. The van der Waals surface area contributed by atoms with Crippen LogP contribution in [-0.2, 0) is 5.41 Å². The maximum absolute atomic E-state index is 11.8. The molecule has 0 bridgehead atoms. The van der Waals surface area contributed by atoms with Crippen molar-refractivity contribution in [3.05, 3.63) is 51.4 Å². The van der Waals surface area contributed by atoms with Gasteiger partial charge in [-0.05, 0) is 24.8 Å². The third kappa shape index (κ3) is 2.75. The van der Waals surface area contributed by atoms with Crippen LogP contribution in [0.2, 0.25) is 0 Å². The lowest BCUT2D eigenvalue weighted by Gasteiger charge is -2.19. The zero-order valence-electron chi connectivity index (χ0n) is 12.2. The molecule has 1 N–H and O–H groups in total. The second-order valence-corrected chi connectivity index (χ2v) is 5.95. The van der Waals surface area contributed by atoms with Gasteiger partial charge in [0, 0.05) is 16.8 Å². The van der Waals surface area contributed by atoms with E-state index in [1.54, 1.807) is 6.92 Å². The molecular weight excluding hydrogens is 236 g/mol. The Kier molecular flexibility index (Phi) is 3.31. The topological polar surface area (TPSA) is 45.8 Å². The molecule has 0 aliphatic carbocycles. The molecule has 0 amide bonds. The summed E-state index contributed by atoms with van der Waals surface area (Å²) in [5.74, 6) is 0.633. The summed E-state index contributed by atoms with van der Waals surface area (Å²) in [5, 5.41) is 0. The van der Waals surface area contributed by atoms with Crippen LogP contribution in [0.3, 0.4) is 0 Å². The van der Waals surface area contributed by atoms with Crippen molar-refractivity contribution in [1.82, 2.24) is 9.97 Å². The smallest absolute Gasteiger partial charge is 0.254 e. The van der Waals surface area contributed by atoms with E-state index in [9.17, 15) is 4.79 Å². The Hall–Kier alpha value is -1.90. The third-order valence-corrected chi connectivity index (χ3v) is 3.42. The maximum atomic E-state index is 11.8. The van der Waals surface area contributed by atoms with Crippen LogP contribution < -0.4 is 5.56 Å². The average molecular weight is 256 g/mol. The summed E-state index contributed by atoms with van der Waals surface area (Å²) in [4.78, 5) is 19.0. The molecule has 2 rings (SSSR count). The first-order chi connectivity index (χ1) is 8.79. The van der Waals surface area contributed by atoms with Gasteiger partial charge in [0.15, 0.2) is 0 Å². The van der Waals surface area contributed by atoms with Gasteiger partial charge in [-0.3, -0.25) is 4.79 Å². The van der Waals surface area contributed by atoms with Crippen LogP contribution in [-0.4, -0.2) is 9.97 Å². The van der Waals surface area contributed by atoms with Gasteiger partial charge in [-0.15, -0.1) is 0 Å². The van der Waals surface area contributed by atoms with Gasteiger partial charge >= 0.3 is 0 Å². The quantitative estimate of drug-likeness (QED) is 0.850. The number of aromatic amines is 1. The molecule has 1 aromatic heterocycles. The van der Waals surface area contributed by atoms with Gasteiger partial charge in [0.05, 0.1) is 0 Å². The van der Waals surface area contributed by atoms with Crippen LogP contribution in [0, 0.1) is 13.8 Å². The number of aromatic nitrogens is 2. The summed E-state index contributed by atoms with van der Waals surface area (Å²) in [5.41, 5.74) is 3.72. The summed E-state index contributed by atoms with van der Waals surface area (Å²) in [6.07, 6.45) is 0. The highest BCUT2D eigenvalue weighted by Gasteiger charge is 2.13. The molecule has 100 valence electrons. The molecular formula is C16H20N2O. The number of hydrogen-bond donors (Lipinski definition) is 1. The number of nitrogens with one attached hydrogen (secondary N) is 1. The number of benzene rings is 1. The highest BCUT2D eigenvalue weighted by Crippen LogP contribution is 2.24. The minimum Gasteiger partial charge on any atom is -0.306 e. The Morgan fingerprint density at radius 1 is 1.05 bits per heavy atom. The Labute approximate surface area is 113 Å². The number of H-pyrrole nitrogens is 1. The first-order valence-corrected chi connectivity index (χ1v) is 6.47. The van der Waals surface area contributed by atoms with Gasteiger partial charge in [0.2, 0.25) is 0 Å². The van der Waals surface area contributed by atoms with Gasteiger partial charge in [0.1, 0.15) is 5.82 Å². The van der Waals surface area contributed by atoms with Gasteiger partial charge in [0.25, 0.3) is 5.56 Å². The fourth-order valence-electron chi connectivity index (χ4n) is 1.91. The van der Waals surface area contributed by atoms with Gasteiger partial charge in [-0.2, -0.15) is 0 Å². The minimum atomic E-state index is -0.0672. The van der Waals surface area contributed by atoms with Crippen molar-refractivity contribution >= 4 is 0 Å². The summed E-state index contributed by atoms with van der Waals surface area (Å²) >= 11 is 0. The summed E-state index contributed by atoms with van der Waals surface area (Å²) < 4.78 is 0. The third-order valence-electron chi connectivity index (χ3n) is 3.42. The average Bonchev–Trinajstić information content (AvgIpc) is 2.34. The van der Waals surface area contributed by atoms with E-state index in [0.717, 1.165) is 11.3 Å². The van der Waals surface area contributed by atoms with Crippen molar-refractivity contribution in [2.75, 3.05) is 0 Å². The fourth-order valence-corrected chi connectivity index (χ4v) is 1.91. The van der Waals surface area contributed by atoms with E-state index >= 15 is 0 Å². The minimum absolute atomic E-state index is 0.0672. The molecule has 3 heteroatoms. The van der Waals surface area contributed by atoms with Gasteiger partial charge in [-0.1, -0.05) is 45.0 Å². The highest BCUT2D eigenvalue weighted by molar-refractivity contribution is 5.56. The van der Waals surface area contributed by atoms with E-state index in [4.69, 9.17) is 0 Å². The lowest BCUT2D eigenvalue weighted by Crippen LogP contribution is -2.14. The molecule has 0 aliphatic rings. The monoisotopic (exact) mass is 256 g/mol. The van der Waals surface area contributed by atoms with Crippen molar-refractivity contribution in [2.24, 2.45) is 0 Å². The van der Waals surface area contributed by atoms with Crippen LogP contribution in [0.15, 0.2) is 29.1 Å². The maximum Gasteiger partial charge on any atom is 0.254 e. The Morgan fingerprint density at radius 2 is 1.63 bits per heavy atom.